The summed E-state index contributed by atoms with van der Waals surface area (Å²) in [4.78, 5) is 0. The van der Waals surface area contributed by atoms with Gasteiger partial charge >= 0.3 is 0 Å². The third kappa shape index (κ3) is 4.98. The molecule has 0 aliphatic carbocycles. The van der Waals surface area contributed by atoms with Crippen molar-refractivity contribution >= 4 is 0 Å². The summed E-state index contributed by atoms with van der Waals surface area (Å²) >= 11 is 0. The van der Waals surface area contributed by atoms with E-state index in [1.807, 2.05) is 10.9 Å². The van der Waals surface area contributed by atoms with Crippen molar-refractivity contribution in [3.05, 3.63) is 18.0 Å². The van der Waals surface area contributed by atoms with Crippen molar-refractivity contribution in [2.75, 3.05) is 6.54 Å². The van der Waals surface area contributed by atoms with E-state index in [0.29, 0.717) is 0 Å². The Morgan fingerprint density at radius 3 is 2.16 bits per heavy atom. The van der Waals surface area contributed by atoms with Crippen LogP contribution >= 0.6 is 0 Å². The number of hydrogen-bond donors (Lipinski definition) is 1. The first-order valence-corrected chi connectivity index (χ1v) is 7.46. The molecule has 3 nitrogen and oxygen atoms in total. The number of nitrogens with zero attached hydrogens (tertiary/aromatic N) is 2. The third-order valence-electron chi connectivity index (χ3n) is 3.75. The maximum absolute atomic E-state index is 4.43. The van der Waals surface area contributed by atoms with Crippen LogP contribution in [0.15, 0.2) is 12.4 Å². The van der Waals surface area contributed by atoms with Crippen LogP contribution < -0.4 is 5.32 Å². The van der Waals surface area contributed by atoms with E-state index in [1.165, 1.54) is 5.56 Å². The van der Waals surface area contributed by atoms with Gasteiger partial charge in [-0.15, -0.1) is 0 Å². The van der Waals surface area contributed by atoms with Crippen molar-refractivity contribution in [1.82, 2.24) is 15.1 Å². The molecule has 0 fully saturated rings. The lowest BCUT2D eigenvalue weighted by Crippen LogP contribution is -2.29. The van der Waals surface area contributed by atoms with Gasteiger partial charge in [-0.25, -0.2) is 0 Å². The topological polar surface area (TPSA) is 29.9 Å². The maximum Gasteiger partial charge on any atom is 0.0543 e. The summed E-state index contributed by atoms with van der Waals surface area (Å²) in [7, 11) is 0. The summed E-state index contributed by atoms with van der Waals surface area (Å²) in [6, 6.07) is 0. The zero-order chi connectivity index (χ0) is 14.6. The van der Waals surface area contributed by atoms with Gasteiger partial charge < -0.3 is 5.32 Å². The summed E-state index contributed by atoms with van der Waals surface area (Å²) in [6.45, 7) is 17.7. The number of rotatable bonds is 6. The Balaban J connectivity index is 2.47. The molecule has 0 saturated carbocycles. The number of hydrogen-bond acceptors (Lipinski definition) is 2. The summed E-state index contributed by atoms with van der Waals surface area (Å²) in [5.41, 5.74) is 1.33. The average molecular weight is 265 g/mol. The van der Waals surface area contributed by atoms with Crippen LogP contribution in [-0.2, 0) is 12.1 Å². The first-order chi connectivity index (χ1) is 8.71. The normalized spacial score (nSPS) is 12.9. The van der Waals surface area contributed by atoms with Gasteiger partial charge in [-0.2, -0.15) is 5.10 Å². The lowest BCUT2D eigenvalue weighted by molar-refractivity contribution is 0.275. The maximum atomic E-state index is 4.43. The lowest BCUT2D eigenvalue weighted by atomic mass is 9.85. The molecule has 0 saturated heterocycles. The molecule has 0 unspecified atom stereocenters. The molecule has 0 amide bonds. The molecule has 1 aromatic rings. The highest BCUT2D eigenvalue weighted by atomic mass is 15.3. The van der Waals surface area contributed by atoms with Gasteiger partial charge in [-0.05, 0) is 45.1 Å². The second-order valence-electron chi connectivity index (χ2n) is 7.25. The quantitative estimate of drug-likeness (QED) is 0.850. The predicted octanol–water partition coefficient (Wildman–Crippen LogP) is 3.66. The molecule has 1 rings (SSSR count). The van der Waals surface area contributed by atoms with Crippen molar-refractivity contribution in [3.8, 4) is 0 Å². The Morgan fingerprint density at radius 2 is 1.74 bits per heavy atom. The molecule has 1 N–H and O–H groups in total. The molecule has 0 radical (unpaired) electrons. The van der Waals surface area contributed by atoms with E-state index in [2.05, 4.69) is 65.1 Å². The van der Waals surface area contributed by atoms with Crippen molar-refractivity contribution in [1.29, 1.82) is 0 Å². The van der Waals surface area contributed by atoms with Crippen molar-refractivity contribution in [2.24, 2.45) is 17.8 Å². The van der Waals surface area contributed by atoms with Crippen LogP contribution in [0.5, 0.6) is 0 Å². The summed E-state index contributed by atoms with van der Waals surface area (Å²) in [6.07, 6.45) is 4.12. The van der Waals surface area contributed by atoms with Crippen molar-refractivity contribution in [2.45, 2.75) is 60.5 Å². The number of aromatic nitrogens is 2. The summed E-state index contributed by atoms with van der Waals surface area (Å²) in [5, 5.41) is 8.01. The van der Waals surface area contributed by atoms with E-state index in [-0.39, 0.29) is 5.54 Å². The Hall–Kier alpha value is -0.830. The van der Waals surface area contributed by atoms with Crippen LogP contribution in [0.2, 0.25) is 0 Å². The Kier molecular flexibility index (Phi) is 5.60. The predicted molar refractivity (Wildman–Crippen MR) is 82.1 cm³/mol. The molecule has 0 aliphatic rings. The summed E-state index contributed by atoms with van der Waals surface area (Å²) in [5.74, 6) is 2.19. The van der Waals surface area contributed by atoms with Crippen LogP contribution in [-0.4, -0.2) is 16.3 Å². The summed E-state index contributed by atoms with van der Waals surface area (Å²) < 4.78 is 2.03. The van der Waals surface area contributed by atoms with Gasteiger partial charge in [0, 0.05) is 18.3 Å². The van der Waals surface area contributed by atoms with Gasteiger partial charge in [-0.1, -0.05) is 27.7 Å². The monoisotopic (exact) mass is 265 g/mol. The van der Waals surface area contributed by atoms with E-state index in [4.69, 9.17) is 0 Å². The van der Waals surface area contributed by atoms with Gasteiger partial charge in [0.05, 0.1) is 11.7 Å². The van der Waals surface area contributed by atoms with Gasteiger partial charge in [0.25, 0.3) is 0 Å². The van der Waals surface area contributed by atoms with Crippen molar-refractivity contribution < 1.29 is 0 Å². The van der Waals surface area contributed by atoms with Gasteiger partial charge in [0.15, 0.2) is 0 Å². The number of nitrogens with one attached hydrogen (secondary N) is 1. The van der Waals surface area contributed by atoms with Gasteiger partial charge in [0.2, 0.25) is 0 Å². The fourth-order valence-corrected chi connectivity index (χ4v) is 2.44. The first kappa shape index (κ1) is 16.2. The van der Waals surface area contributed by atoms with Crippen LogP contribution in [0.4, 0.5) is 0 Å². The van der Waals surface area contributed by atoms with E-state index in [1.54, 1.807) is 0 Å². The minimum atomic E-state index is 0.0661. The Morgan fingerprint density at radius 1 is 1.16 bits per heavy atom. The van der Waals surface area contributed by atoms with E-state index < -0.39 is 0 Å². The van der Waals surface area contributed by atoms with E-state index >= 15 is 0 Å². The minimum Gasteiger partial charge on any atom is -0.312 e. The smallest absolute Gasteiger partial charge is 0.0543 e. The van der Waals surface area contributed by atoms with Gasteiger partial charge in [0.1, 0.15) is 0 Å². The molecule has 0 aliphatic heterocycles. The SMILES string of the molecule is CC(C)C(CNCc1cnn(C(C)(C)C)c1)C(C)C. The van der Waals surface area contributed by atoms with Gasteiger partial charge in [-0.3, -0.25) is 4.68 Å². The Labute approximate surface area is 118 Å². The van der Waals surface area contributed by atoms with E-state index in [9.17, 15) is 0 Å². The minimum absolute atomic E-state index is 0.0661. The second kappa shape index (κ2) is 6.56. The fraction of sp³-hybridized carbons (Fsp3) is 0.812. The van der Waals surface area contributed by atoms with Crippen LogP contribution in [0.1, 0.15) is 54.0 Å². The van der Waals surface area contributed by atoms with Crippen LogP contribution in [0.25, 0.3) is 0 Å². The first-order valence-electron chi connectivity index (χ1n) is 7.46. The molecular formula is C16H31N3. The Bertz CT molecular complexity index is 364. The van der Waals surface area contributed by atoms with Crippen LogP contribution in [0.3, 0.4) is 0 Å². The highest BCUT2D eigenvalue weighted by molar-refractivity contribution is 5.04. The zero-order valence-electron chi connectivity index (χ0n) is 13.7. The molecule has 19 heavy (non-hydrogen) atoms. The lowest BCUT2D eigenvalue weighted by Gasteiger charge is -2.25. The fourth-order valence-electron chi connectivity index (χ4n) is 2.44. The average Bonchev–Trinajstić information content (AvgIpc) is 2.71. The molecule has 1 aromatic heterocycles. The molecule has 0 bridgehead atoms. The molecule has 1 heterocycles. The molecule has 3 heteroatoms. The molecule has 0 aromatic carbocycles. The molecule has 0 atom stereocenters. The molecule has 0 spiro atoms. The van der Waals surface area contributed by atoms with E-state index in [0.717, 1.165) is 30.8 Å². The molecular weight excluding hydrogens is 234 g/mol. The second-order valence-corrected chi connectivity index (χ2v) is 7.25. The highest BCUT2D eigenvalue weighted by Crippen LogP contribution is 2.19. The largest absolute Gasteiger partial charge is 0.312 e. The third-order valence-corrected chi connectivity index (χ3v) is 3.75. The highest BCUT2D eigenvalue weighted by Gasteiger charge is 2.17. The molecule has 110 valence electrons. The van der Waals surface area contributed by atoms with Crippen molar-refractivity contribution in [3.63, 3.8) is 0 Å². The zero-order valence-corrected chi connectivity index (χ0v) is 13.7. The standard InChI is InChI=1S/C16H31N3/c1-12(2)15(13(3)4)10-17-8-14-9-18-19(11-14)16(5,6)7/h9,11-13,15,17H,8,10H2,1-7H3. The van der Waals surface area contributed by atoms with Crippen LogP contribution in [0, 0.1) is 17.8 Å².